The molecule has 1 N–H and O–H groups in total. The summed E-state index contributed by atoms with van der Waals surface area (Å²) in [5.74, 6) is 1.09. The van der Waals surface area contributed by atoms with Gasteiger partial charge in [-0.2, -0.15) is 0 Å². The van der Waals surface area contributed by atoms with Gasteiger partial charge in [0, 0.05) is 23.9 Å². The quantitative estimate of drug-likeness (QED) is 0.264. The van der Waals surface area contributed by atoms with Crippen LogP contribution in [0.3, 0.4) is 0 Å². The van der Waals surface area contributed by atoms with Gasteiger partial charge in [0.25, 0.3) is 0 Å². The summed E-state index contributed by atoms with van der Waals surface area (Å²) in [6.07, 6.45) is 2.36. The van der Waals surface area contributed by atoms with Gasteiger partial charge in [0.1, 0.15) is 0 Å². The van der Waals surface area contributed by atoms with E-state index < -0.39 is 0 Å². The molecule has 0 aromatic heterocycles. The molecule has 0 saturated heterocycles. The van der Waals surface area contributed by atoms with Gasteiger partial charge in [0.15, 0.2) is 0 Å². The van der Waals surface area contributed by atoms with E-state index in [1.165, 1.54) is 28.9 Å². The lowest BCUT2D eigenvalue weighted by Crippen LogP contribution is -2.29. The largest absolute Gasteiger partial charge is 0.316 e. The van der Waals surface area contributed by atoms with Gasteiger partial charge >= 0.3 is 0 Å². The Morgan fingerprint density at radius 2 is 1.30 bits per heavy atom. The third kappa shape index (κ3) is 7.32. The molecule has 3 aromatic carbocycles. The Labute approximate surface area is 186 Å². The van der Waals surface area contributed by atoms with Gasteiger partial charge in [0.2, 0.25) is 0 Å². The summed E-state index contributed by atoms with van der Waals surface area (Å²) in [6.45, 7) is 5.34. The standard InChI is InChI=1S/C27H34N2S/c1-3-23(24-13-7-4-8-14-24)19-20-28-21-26(25-15-9-5-10-16-25)22-29(2)30-27-17-11-6-12-18-27/h4-18,23,26,28H,3,19-22H2,1-2H3. The molecule has 0 bridgehead atoms. The van der Waals surface area contributed by atoms with E-state index >= 15 is 0 Å². The first-order chi connectivity index (χ1) is 14.8. The monoisotopic (exact) mass is 418 g/mol. The minimum Gasteiger partial charge on any atom is -0.316 e. The molecule has 0 amide bonds. The number of benzene rings is 3. The highest BCUT2D eigenvalue weighted by atomic mass is 32.2. The summed E-state index contributed by atoms with van der Waals surface area (Å²) in [4.78, 5) is 1.29. The van der Waals surface area contributed by atoms with Crippen molar-refractivity contribution in [1.29, 1.82) is 0 Å². The van der Waals surface area contributed by atoms with Crippen molar-refractivity contribution in [2.75, 3.05) is 26.7 Å². The summed E-state index contributed by atoms with van der Waals surface area (Å²) in [5.41, 5.74) is 2.86. The molecule has 3 rings (SSSR count). The maximum absolute atomic E-state index is 3.75. The maximum Gasteiger partial charge on any atom is 0.0230 e. The van der Waals surface area contributed by atoms with Crippen molar-refractivity contribution in [3.05, 3.63) is 102 Å². The molecule has 2 atom stereocenters. The van der Waals surface area contributed by atoms with Crippen LogP contribution in [-0.4, -0.2) is 31.0 Å². The lowest BCUT2D eigenvalue weighted by molar-refractivity contribution is 0.458. The molecule has 3 heteroatoms. The lowest BCUT2D eigenvalue weighted by Gasteiger charge is -2.25. The summed E-state index contributed by atoms with van der Waals surface area (Å²) in [7, 11) is 2.19. The summed E-state index contributed by atoms with van der Waals surface area (Å²) < 4.78 is 2.35. The number of likely N-dealkylation sites (N-methyl/N-ethyl adjacent to an activating group) is 1. The molecule has 0 saturated carbocycles. The Kier molecular flexibility index (Phi) is 9.49. The van der Waals surface area contributed by atoms with Gasteiger partial charge in [-0.3, -0.25) is 0 Å². The van der Waals surface area contributed by atoms with E-state index in [1.807, 2.05) is 11.9 Å². The number of hydrogen-bond donors (Lipinski definition) is 1. The van der Waals surface area contributed by atoms with E-state index in [0.717, 1.165) is 19.6 Å². The molecule has 0 fully saturated rings. The Hall–Kier alpha value is -2.07. The number of hydrogen-bond acceptors (Lipinski definition) is 3. The van der Waals surface area contributed by atoms with E-state index in [1.54, 1.807) is 0 Å². The average Bonchev–Trinajstić information content (AvgIpc) is 2.80. The molecule has 30 heavy (non-hydrogen) atoms. The lowest BCUT2D eigenvalue weighted by atomic mass is 9.93. The molecular formula is C27H34N2S. The van der Waals surface area contributed by atoms with E-state index in [2.05, 4.69) is 115 Å². The van der Waals surface area contributed by atoms with Crippen LogP contribution in [0.2, 0.25) is 0 Å². The normalized spacial score (nSPS) is 13.3. The zero-order valence-electron chi connectivity index (χ0n) is 18.2. The summed E-state index contributed by atoms with van der Waals surface area (Å²) in [6, 6.07) is 32.4. The summed E-state index contributed by atoms with van der Waals surface area (Å²) in [5, 5.41) is 3.75. The first kappa shape index (κ1) is 22.6. The average molecular weight is 419 g/mol. The Bertz CT molecular complexity index is 823. The van der Waals surface area contributed by atoms with Crippen LogP contribution in [0.1, 0.15) is 42.7 Å². The SMILES string of the molecule is CCC(CCNCC(CN(C)Sc1ccccc1)c1ccccc1)c1ccccc1. The van der Waals surface area contributed by atoms with Crippen LogP contribution >= 0.6 is 11.9 Å². The summed E-state index contributed by atoms with van der Waals surface area (Å²) >= 11 is 1.82. The van der Waals surface area contributed by atoms with Crippen molar-refractivity contribution in [2.24, 2.45) is 0 Å². The molecular weight excluding hydrogens is 384 g/mol. The minimum atomic E-state index is 0.462. The maximum atomic E-state index is 3.75. The first-order valence-corrected chi connectivity index (χ1v) is 11.8. The predicted octanol–water partition coefficient (Wildman–Crippen LogP) is 6.58. The van der Waals surface area contributed by atoms with Crippen LogP contribution in [0.15, 0.2) is 95.9 Å². The molecule has 0 radical (unpaired) electrons. The van der Waals surface area contributed by atoms with Gasteiger partial charge in [-0.1, -0.05) is 85.8 Å². The molecule has 0 spiro atoms. The molecule has 0 aliphatic rings. The number of rotatable bonds is 12. The van der Waals surface area contributed by atoms with Crippen molar-refractivity contribution in [2.45, 2.75) is 36.5 Å². The topological polar surface area (TPSA) is 15.3 Å². The van der Waals surface area contributed by atoms with Gasteiger partial charge < -0.3 is 5.32 Å². The highest BCUT2D eigenvalue weighted by Crippen LogP contribution is 2.25. The van der Waals surface area contributed by atoms with Gasteiger partial charge in [-0.15, -0.1) is 0 Å². The molecule has 0 aliphatic heterocycles. The van der Waals surface area contributed by atoms with Crippen molar-refractivity contribution in [3.8, 4) is 0 Å². The highest BCUT2D eigenvalue weighted by Gasteiger charge is 2.15. The smallest absolute Gasteiger partial charge is 0.0230 e. The Morgan fingerprint density at radius 1 is 0.767 bits per heavy atom. The number of nitrogens with zero attached hydrogens (tertiary/aromatic N) is 1. The van der Waals surface area contributed by atoms with E-state index in [-0.39, 0.29) is 0 Å². The van der Waals surface area contributed by atoms with Crippen LogP contribution in [0.25, 0.3) is 0 Å². The van der Waals surface area contributed by atoms with Crippen molar-refractivity contribution in [1.82, 2.24) is 9.62 Å². The van der Waals surface area contributed by atoms with Gasteiger partial charge in [-0.05, 0) is 67.6 Å². The molecule has 2 unspecified atom stereocenters. The molecule has 0 heterocycles. The zero-order valence-corrected chi connectivity index (χ0v) is 19.0. The third-order valence-electron chi connectivity index (χ3n) is 5.58. The fourth-order valence-corrected chi connectivity index (χ4v) is 4.80. The first-order valence-electron chi connectivity index (χ1n) is 11.0. The van der Waals surface area contributed by atoms with Crippen LogP contribution in [-0.2, 0) is 0 Å². The third-order valence-corrected chi connectivity index (χ3v) is 6.52. The van der Waals surface area contributed by atoms with Gasteiger partial charge in [0.05, 0.1) is 0 Å². The van der Waals surface area contributed by atoms with Crippen LogP contribution < -0.4 is 5.32 Å². The molecule has 0 aliphatic carbocycles. The fourth-order valence-electron chi connectivity index (χ4n) is 3.91. The van der Waals surface area contributed by atoms with Crippen LogP contribution in [0.5, 0.6) is 0 Å². The minimum absolute atomic E-state index is 0.462. The van der Waals surface area contributed by atoms with E-state index in [4.69, 9.17) is 0 Å². The molecule has 3 aromatic rings. The second-order valence-electron chi connectivity index (χ2n) is 7.83. The predicted molar refractivity (Wildman–Crippen MR) is 131 cm³/mol. The molecule has 158 valence electrons. The zero-order chi connectivity index (χ0) is 21.0. The number of nitrogens with one attached hydrogen (secondary N) is 1. The van der Waals surface area contributed by atoms with Gasteiger partial charge in [-0.25, -0.2) is 4.31 Å². The van der Waals surface area contributed by atoms with Crippen molar-refractivity contribution < 1.29 is 0 Å². The van der Waals surface area contributed by atoms with E-state index in [0.29, 0.717) is 11.8 Å². The van der Waals surface area contributed by atoms with Crippen molar-refractivity contribution in [3.63, 3.8) is 0 Å². The molecule has 2 nitrogen and oxygen atoms in total. The van der Waals surface area contributed by atoms with E-state index in [9.17, 15) is 0 Å². The Balaban J connectivity index is 1.54. The second kappa shape index (κ2) is 12.6. The highest BCUT2D eigenvalue weighted by molar-refractivity contribution is 7.97. The van der Waals surface area contributed by atoms with Crippen LogP contribution in [0, 0.1) is 0 Å². The Morgan fingerprint density at radius 3 is 1.87 bits per heavy atom. The van der Waals surface area contributed by atoms with Crippen molar-refractivity contribution >= 4 is 11.9 Å². The fraction of sp³-hybridized carbons (Fsp3) is 0.333. The second-order valence-corrected chi connectivity index (χ2v) is 9.11. The van der Waals surface area contributed by atoms with Crippen LogP contribution in [0.4, 0.5) is 0 Å².